The monoisotopic (exact) mass is 237 g/mol. The predicted octanol–water partition coefficient (Wildman–Crippen LogP) is 2.98. The van der Waals surface area contributed by atoms with Gasteiger partial charge in [0.25, 0.3) is 0 Å². The van der Waals surface area contributed by atoms with Crippen LogP contribution >= 0.6 is 0 Å². The van der Waals surface area contributed by atoms with Gasteiger partial charge in [-0.2, -0.15) is 0 Å². The zero-order chi connectivity index (χ0) is 12.5. The Morgan fingerprint density at radius 1 is 1.06 bits per heavy atom. The molecular weight excluding hydrogens is 214 g/mol. The van der Waals surface area contributed by atoms with Crippen molar-refractivity contribution in [1.82, 2.24) is 5.32 Å². The smallest absolute Gasteiger partial charge is 0.161 e. The van der Waals surface area contributed by atoms with Gasteiger partial charge in [0.1, 0.15) is 0 Å². The second-order valence-electron chi connectivity index (χ2n) is 4.07. The van der Waals surface area contributed by atoms with Gasteiger partial charge >= 0.3 is 0 Å². The number of methoxy groups -OCH3 is 2. The Bertz CT molecular complexity index is 326. The number of rotatable bonds is 8. The lowest BCUT2D eigenvalue weighted by Crippen LogP contribution is -2.14. The molecule has 0 unspecified atom stereocenters. The third-order valence-electron chi connectivity index (χ3n) is 2.73. The lowest BCUT2D eigenvalue weighted by molar-refractivity contribution is 0.354. The molecule has 0 saturated carbocycles. The molecule has 0 aromatic heterocycles. The van der Waals surface area contributed by atoms with E-state index in [1.165, 1.54) is 24.8 Å². The van der Waals surface area contributed by atoms with Crippen molar-refractivity contribution in [3.8, 4) is 11.5 Å². The van der Waals surface area contributed by atoms with Crippen LogP contribution in [0.4, 0.5) is 0 Å². The van der Waals surface area contributed by atoms with E-state index in [0.717, 1.165) is 24.6 Å². The summed E-state index contributed by atoms with van der Waals surface area (Å²) in [7, 11) is 3.32. The summed E-state index contributed by atoms with van der Waals surface area (Å²) >= 11 is 0. The van der Waals surface area contributed by atoms with E-state index in [1.54, 1.807) is 14.2 Å². The van der Waals surface area contributed by atoms with E-state index in [9.17, 15) is 0 Å². The molecule has 3 nitrogen and oxygen atoms in total. The summed E-state index contributed by atoms with van der Waals surface area (Å²) in [6, 6.07) is 6.03. The van der Waals surface area contributed by atoms with E-state index in [2.05, 4.69) is 18.3 Å². The van der Waals surface area contributed by atoms with Gasteiger partial charge in [0.05, 0.1) is 14.2 Å². The van der Waals surface area contributed by atoms with E-state index < -0.39 is 0 Å². The largest absolute Gasteiger partial charge is 0.493 e. The van der Waals surface area contributed by atoms with Gasteiger partial charge in [-0.3, -0.25) is 0 Å². The van der Waals surface area contributed by atoms with Gasteiger partial charge in [0.15, 0.2) is 11.5 Å². The molecule has 1 aromatic carbocycles. The molecule has 0 fully saturated rings. The molecule has 1 N–H and O–H groups in total. The second-order valence-corrected chi connectivity index (χ2v) is 4.07. The standard InChI is InChI=1S/C14H23NO2/c1-4-5-6-9-15-11-12-7-8-13(16-2)14(10-12)17-3/h7-8,10,15H,4-6,9,11H2,1-3H3. The Balaban J connectivity index is 2.43. The minimum atomic E-state index is 0.780. The van der Waals surface area contributed by atoms with Gasteiger partial charge in [-0.25, -0.2) is 0 Å². The molecule has 0 aliphatic heterocycles. The highest BCUT2D eigenvalue weighted by molar-refractivity contribution is 5.42. The Labute approximate surface area is 104 Å². The lowest BCUT2D eigenvalue weighted by atomic mass is 10.2. The highest BCUT2D eigenvalue weighted by atomic mass is 16.5. The molecule has 0 bridgehead atoms. The van der Waals surface area contributed by atoms with Gasteiger partial charge in [-0.1, -0.05) is 25.8 Å². The molecule has 0 aliphatic rings. The van der Waals surface area contributed by atoms with Crippen LogP contribution in [0, 0.1) is 0 Å². The molecule has 0 amide bonds. The van der Waals surface area contributed by atoms with Gasteiger partial charge in [0, 0.05) is 6.54 Å². The Kier molecular flexibility index (Phi) is 6.48. The molecule has 0 aliphatic carbocycles. The average molecular weight is 237 g/mol. The predicted molar refractivity (Wildman–Crippen MR) is 70.8 cm³/mol. The van der Waals surface area contributed by atoms with Crippen molar-refractivity contribution in [2.24, 2.45) is 0 Å². The normalized spacial score (nSPS) is 10.3. The summed E-state index contributed by atoms with van der Waals surface area (Å²) in [6.45, 7) is 4.17. The molecule has 96 valence electrons. The van der Waals surface area contributed by atoms with E-state index in [1.807, 2.05) is 12.1 Å². The average Bonchev–Trinajstić information content (AvgIpc) is 2.38. The van der Waals surface area contributed by atoms with Crippen LogP contribution in [0.15, 0.2) is 18.2 Å². The quantitative estimate of drug-likeness (QED) is 0.705. The summed E-state index contributed by atoms with van der Waals surface area (Å²) in [5.41, 5.74) is 1.22. The van der Waals surface area contributed by atoms with E-state index in [-0.39, 0.29) is 0 Å². The van der Waals surface area contributed by atoms with Crippen LogP contribution in [-0.4, -0.2) is 20.8 Å². The first-order valence-corrected chi connectivity index (χ1v) is 6.23. The maximum absolute atomic E-state index is 5.27. The zero-order valence-corrected chi connectivity index (χ0v) is 11.1. The number of benzene rings is 1. The highest BCUT2D eigenvalue weighted by Crippen LogP contribution is 2.27. The van der Waals surface area contributed by atoms with Crippen molar-refractivity contribution in [2.45, 2.75) is 32.7 Å². The summed E-state index contributed by atoms with van der Waals surface area (Å²) in [6.07, 6.45) is 3.79. The number of hydrogen-bond donors (Lipinski definition) is 1. The fourth-order valence-electron chi connectivity index (χ4n) is 1.72. The van der Waals surface area contributed by atoms with Crippen molar-refractivity contribution >= 4 is 0 Å². The van der Waals surface area contributed by atoms with Crippen LogP contribution in [0.5, 0.6) is 11.5 Å². The first-order valence-electron chi connectivity index (χ1n) is 6.23. The van der Waals surface area contributed by atoms with Gasteiger partial charge < -0.3 is 14.8 Å². The van der Waals surface area contributed by atoms with Crippen LogP contribution in [0.1, 0.15) is 31.7 Å². The van der Waals surface area contributed by atoms with Gasteiger partial charge in [-0.15, -0.1) is 0 Å². The number of nitrogens with one attached hydrogen (secondary N) is 1. The highest BCUT2D eigenvalue weighted by Gasteiger charge is 2.03. The van der Waals surface area contributed by atoms with Crippen LogP contribution in [0.25, 0.3) is 0 Å². The molecule has 3 heteroatoms. The Morgan fingerprint density at radius 2 is 1.82 bits per heavy atom. The van der Waals surface area contributed by atoms with Crippen LogP contribution in [0.2, 0.25) is 0 Å². The minimum absolute atomic E-state index is 0.780. The second kappa shape index (κ2) is 7.96. The van der Waals surface area contributed by atoms with Crippen molar-refractivity contribution < 1.29 is 9.47 Å². The molecule has 1 aromatic rings. The maximum Gasteiger partial charge on any atom is 0.161 e. The lowest BCUT2D eigenvalue weighted by Gasteiger charge is -2.10. The molecule has 0 radical (unpaired) electrons. The van der Waals surface area contributed by atoms with Crippen LogP contribution in [-0.2, 0) is 6.54 Å². The Morgan fingerprint density at radius 3 is 2.47 bits per heavy atom. The van der Waals surface area contributed by atoms with Crippen molar-refractivity contribution in [2.75, 3.05) is 20.8 Å². The third kappa shape index (κ3) is 4.65. The molecule has 1 rings (SSSR count). The SMILES string of the molecule is CCCCCNCc1ccc(OC)c(OC)c1. The summed E-state index contributed by atoms with van der Waals surface area (Å²) in [5.74, 6) is 1.57. The van der Waals surface area contributed by atoms with Crippen LogP contribution in [0.3, 0.4) is 0 Å². The zero-order valence-electron chi connectivity index (χ0n) is 11.1. The topological polar surface area (TPSA) is 30.5 Å². The molecule has 0 spiro atoms. The van der Waals surface area contributed by atoms with Crippen molar-refractivity contribution in [3.05, 3.63) is 23.8 Å². The van der Waals surface area contributed by atoms with E-state index in [0.29, 0.717) is 0 Å². The molecule has 0 heterocycles. The van der Waals surface area contributed by atoms with E-state index in [4.69, 9.17) is 9.47 Å². The summed E-state index contributed by atoms with van der Waals surface area (Å²) in [5, 5.41) is 3.43. The fraction of sp³-hybridized carbons (Fsp3) is 0.571. The number of hydrogen-bond acceptors (Lipinski definition) is 3. The molecule has 17 heavy (non-hydrogen) atoms. The number of ether oxygens (including phenoxy) is 2. The van der Waals surface area contributed by atoms with Crippen molar-refractivity contribution in [3.63, 3.8) is 0 Å². The van der Waals surface area contributed by atoms with Gasteiger partial charge in [0.2, 0.25) is 0 Å². The molecule has 0 saturated heterocycles. The summed E-state index contributed by atoms with van der Waals surface area (Å²) in [4.78, 5) is 0. The minimum Gasteiger partial charge on any atom is -0.493 e. The molecule has 0 atom stereocenters. The van der Waals surface area contributed by atoms with Crippen molar-refractivity contribution in [1.29, 1.82) is 0 Å². The van der Waals surface area contributed by atoms with E-state index >= 15 is 0 Å². The van der Waals surface area contributed by atoms with Crippen LogP contribution < -0.4 is 14.8 Å². The fourth-order valence-corrected chi connectivity index (χ4v) is 1.72. The molecular formula is C14H23NO2. The first-order chi connectivity index (χ1) is 8.31. The Hall–Kier alpha value is -1.22. The first kappa shape index (κ1) is 13.8. The maximum atomic E-state index is 5.27. The summed E-state index contributed by atoms with van der Waals surface area (Å²) < 4.78 is 10.5. The third-order valence-corrected chi connectivity index (χ3v) is 2.73. The number of unbranched alkanes of at least 4 members (excludes halogenated alkanes) is 2. The van der Waals surface area contributed by atoms with Gasteiger partial charge in [-0.05, 0) is 30.7 Å².